The van der Waals surface area contributed by atoms with E-state index >= 15 is 0 Å². The molecule has 0 fully saturated rings. The van der Waals surface area contributed by atoms with E-state index in [4.69, 9.17) is 19.6 Å². The van der Waals surface area contributed by atoms with Crippen molar-refractivity contribution in [1.82, 2.24) is 24.7 Å². The SMILES string of the molecule is CCOC(=O)/C=C/c1cncc(-c2ccc3c(c2)c(-c2nc4ccccc4[nH]2)nn3COCC[Si](C)(C)C)c1C. The molecular weight excluding hydrogens is 518 g/mol. The fourth-order valence-electron chi connectivity index (χ4n) is 4.56. The lowest BCUT2D eigenvalue weighted by molar-refractivity contribution is -0.137. The number of para-hydroxylation sites is 2. The number of H-pyrrole nitrogens is 1. The van der Waals surface area contributed by atoms with E-state index < -0.39 is 8.07 Å². The molecule has 5 rings (SSSR count). The number of esters is 1. The second kappa shape index (κ2) is 11.6. The van der Waals surface area contributed by atoms with E-state index in [0.29, 0.717) is 25.8 Å². The molecule has 40 heavy (non-hydrogen) atoms. The first-order valence-electron chi connectivity index (χ1n) is 13.6. The zero-order chi connectivity index (χ0) is 28.3. The second-order valence-corrected chi connectivity index (χ2v) is 16.6. The minimum Gasteiger partial charge on any atom is -0.463 e. The summed E-state index contributed by atoms with van der Waals surface area (Å²) in [6.07, 6.45) is 6.79. The molecule has 8 nitrogen and oxygen atoms in total. The number of fused-ring (bicyclic) bond motifs is 2. The van der Waals surface area contributed by atoms with Crippen LogP contribution in [0.2, 0.25) is 25.7 Å². The molecule has 0 aliphatic carbocycles. The van der Waals surface area contributed by atoms with Gasteiger partial charge in [0, 0.05) is 44.1 Å². The number of benzene rings is 2. The van der Waals surface area contributed by atoms with E-state index in [1.165, 1.54) is 6.08 Å². The number of rotatable bonds is 10. The third-order valence-corrected chi connectivity index (χ3v) is 8.53. The molecule has 0 bridgehead atoms. The van der Waals surface area contributed by atoms with Crippen LogP contribution in [0.3, 0.4) is 0 Å². The summed E-state index contributed by atoms with van der Waals surface area (Å²) in [6.45, 7) is 12.3. The Kier molecular flexibility index (Phi) is 7.95. The molecule has 0 amide bonds. The Hall–Kier alpha value is -4.08. The van der Waals surface area contributed by atoms with Gasteiger partial charge in [0.05, 0.1) is 23.2 Å². The lowest BCUT2D eigenvalue weighted by Crippen LogP contribution is -2.22. The predicted molar refractivity (Wildman–Crippen MR) is 163 cm³/mol. The third kappa shape index (κ3) is 6.05. The van der Waals surface area contributed by atoms with Crippen molar-refractivity contribution in [2.24, 2.45) is 0 Å². The molecule has 2 aromatic carbocycles. The Bertz CT molecular complexity index is 1660. The number of aromatic amines is 1. The average Bonchev–Trinajstić information content (AvgIpc) is 3.51. The normalized spacial score (nSPS) is 12.1. The summed E-state index contributed by atoms with van der Waals surface area (Å²) < 4.78 is 13.0. The highest BCUT2D eigenvalue weighted by molar-refractivity contribution is 6.76. The van der Waals surface area contributed by atoms with Gasteiger partial charge in [0.1, 0.15) is 12.4 Å². The molecule has 3 aromatic heterocycles. The summed E-state index contributed by atoms with van der Waals surface area (Å²) in [4.78, 5) is 24.6. The van der Waals surface area contributed by atoms with E-state index in [-0.39, 0.29) is 5.97 Å². The first kappa shape index (κ1) is 27.5. The topological polar surface area (TPSA) is 94.9 Å². The van der Waals surface area contributed by atoms with Crippen LogP contribution < -0.4 is 0 Å². The highest BCUT2D eigenvalue weighted by Gasteiger charge is 2.18. The summed E-state index contributed by atoms with van der Waals surface area (Å²) >= 11 is 0. The maximum absolute atomic E-state index is 11.9. The summed E-state index contributed by atoms with van der Waals surface area (Å²) in [5.74, 6) is 0.342. The van der Waals surface area contributed by atoms with Crippen molar-refractivity contribution in [1.29, 1.82) is 0 Å². The minimum absolute atomic E-state index is 0.338. The number of imidazole rings is 1. The molecule has 9 heteroatoms. The fourth-order valence-corrected chi connectivity index (χ4v) is 5.32. The summed E-state index contributed by atoms with van der Waals surface area (Å²) in [5, 5.41) is 5.93. The van der Waals surface area contributed by atoms with Gasteiger partial charge in [-0.3, -0.25) is 4.98 Å². The second-order valence-electron chi connectivity index (χ2n) is 11.0. The number of nitrogens with one attached hydrogen (secondary N) is 1. The average molecular weight is 554 g/mol. The van der Waals surface area contributed by atoms with Crippen LogP contribution in [0.15, 0.2) is 60.9 Å². The number of aromatic nitrogens is 5. The van der Waals surface area contributed by atoms with Gasteiger partial charge in [0.15, 0.2) is 5.82 Å². The Morgan fingerprint density at radius 3 is 2.73 bits per heavy atom. The summed E-state index contributed by atoms with van der Waals surface area (Å²) in [5.41, 5.74) is 7.44. The van der Waals surface area contributed by atoms with E-state index in [1.807, 2.05) is 42.1 Å². The largest absolute Gasteiger partial charge is 0.463 e. The van der Waals surface area contributed by atoms with Crippen molar-refractivity contribution in [3.8, 4) is 22.6 Å². The van der Waals surface area contributed by atoms with Crippen LogP contribution in [0.4, 0.5) is 0 Å². The van der Waals surface area contributed by atoms with Crippen molar-refractivity contribution < 1.29 is 14.3 Å². The number of ether oxygens (including phenoxy) is 2. The molecule has 206 valence electrons. The highest BCUT2D eigenvalue weighted by Crippen LogP contribution is 2.33. The molecule has 0 saturated carbocycles. The smallest absolute Gasteiger partial charge is 0.330 e. The quantitative estimate of drug-likeness (QED) is 0.0881. The van der Waals surface area contributed by atoms with Gasteiger partial charge >= 0.3 is 5.97 Å². The maximum Gasteiger partial charge on any atom is 0.330 e. The van der Waals surface area contributed by atoms with Gasteiger partial charge in [-0.15, -0.1) is 0 Å². The molecule has 0 aliphatic heterocycles. The van der Waals surface area contributed by atoms with Gasteiger partial charge < -0.3 is 14.5 Å². The van der Waals surface area contributed by atoms with Gasteiger partial charge in [-0.1, -0.05) is 37.8 Å². The Labute approximate surface area is 235 Å². The lowest BCUT2D eigenvalue weighted by Gasteiger charge is -2.15. The highest BCUT2D eigenvalue weighted by atomic mass is 28.3. The number of nitrogens with zero attached hydrogens (tertiary/aromatic N) is 4. The van der Waals surface area contributed by atoms with Gasteiger partial charge in [0.25, 0.3) is 0 Å². The molecule has 3 heterocycles. The summed E-state index contributed by atoms with van der Waals surface area (Å²) in [7, 11) is -1.19. The van der Waals surface area contributed by atoms with Gasteiger partial charge in [0.2, 0.25) is 0 Å². The number of carbonyl (C=O) groups excluding carboxylic acids is 1. The zero-order valence-corrected chi connectivity index (χ0v) is 24.7. The van der Waals surface area contributed by atoms with E-state index in [9.17, 15) is 4.79 Å². The number of hydrogen-bond acceptors (Lipinski definition) is 6. The van der Waals surface area contributed by atoms with Crippen molar-refractivity contribution >= 4 is 42.1 Å². The van der Waals surface area contributed by atoms with Crippen LogP contribution in [0.25, 0.3) is 50.7 Å². The molecule has 0 aliphatic rings. The molecule has 0 atom stereocenters. The molecule has 0 unspecified atom stereocenters. The summed E-state index contributed by atoms with van der Waals surface area (Å²) in [6, 6.07) is 15.4. The van der Waals surface area contributed by atoms with Gasteiger partial charge in [-0.05, 0) is 66.9 Å². The van der Waals surface area contributed by atoms with Crippen LogP contribution in [0.1, 0.15) is 18.1 Å². The van der Waals surface area contributed by atoms with E-state index in [2.05, 4.69) is 47.8 Å². The van der Waals surface area contributed by atoms with Crippen molar-refractivity contribution in [3.63, 3.8) is 0 Å². The van der Waals surface area contributed by atoms with Crippen LogP contribution in [0, 0.1) is 6.92 Å². The van der Waals surface area contributed by atoms with Crippen molar-refractivity contribution in [2.75, 3.05) is 13.2 Å². The maximum atomic E-state index is 11.9. The van der Waals surface area contributed by atoms with Crippen molar-refractivity contribution in [2.45, 2.75) is 46.3 Å². The van der Waals surface area contributed by atoms with Crippen LogP contribution >= 0.6 is 0 Å². The first-order valence-corrected chi connectivity index (χ1v) is 17.3. The standard InChI is InChI=1S/C31H35N5O3Si/c1-6-39-29(37)14-12-23-18-32-19-25(21(23)2)22-11-13-28-24(17-22)30(31-33-26-9-7-8-10-27(26)34-31)35-36(28)20-38-15-16-40(3,4)5/h7-14,17-19H,6,15-16,20H2,1-5H3,(H,33,34)/b14-12+. The van der Waals surface area contributed by atoms with Crippen LogP contribution in [-0.4, -0.2) is 52.0 Å². The van der Waals surface area contributed by atoms with Gasteiger partial charge in [-0.25, -0.2) is 14.5 Å². The Balaban J connectivity index is 1.55. The first-order chi connectivity index (χ1) is 19.2. The van der Waals surface area contributed by atoms with Gasteiger partial charge in [-0.2, -0.15) is 5.10 Å². The molecule has 5 aromatic rings. The third-order valence-electron chi connectivity index (χ3n) is 6.82. The molecule has 0 saturated heterocycles. The van der Waals surface area contributed by atoms with Crippen LogP contribution in [-0.2, 0) is 21.0 Å². The number of carbonyl (C=O) groups is 1. The molecule has 1 N–H and O–H groups in total. The Morgan fingerprint density at radius 2 is 1.95 bits per heavy atom. The Morgan fingerprint density at radius 1 is 1.12 bits per heavy atom. The molecule has 0 radical (unpaired) electrons. The number of hydrogen-bond donors (Lipinski definition) is 1. The molecule has 0 spiro atoms. The fraction of sp³-hybridized carbons (Fsp3) is 0.290. The predicted octanol–water partition coefficient (Wildman–Crippen LogP) is 6.84. The minimum atomic E-state index is -1.19. The van der Waals surface area contributed by atoms with Crippen LogP contribution in [0.5, 0.6) is 0 Å². The lowest BCUT2D eigenvalue weighted by atomic mass is 9.97. The van der Waals surface area contributed by atoms with Crippen molar-refractivity contribution in [3.05, 3.63) is 72.1 Å². The van der Waals surface area contributed by atoms with E-state index in [0.717, 1.165) is 55.9 Å². The monoisotopic (exact) mass is 553 g/mol. The zero-order valence-electron chi connectivity index (χ0n) is 23.7. The van der Waals surface area contributed by atoms with E-state index in [1.54, 1.807) is 19.2 Å². The number of pyridine rings is 1. The molecular formula is C31H35N5O3Si.